The molecule has 1 aliphatic rings. The Balaban J connectivity index is 2.23. The van der Waals surface area contributed by atoms with Crippen LogP contribution in [0.5, 0.6) is 0 Å². The van der Waals surface area contributed by atoms with Crippen LogP contribution in [0.1, 0.15) is 34.1 Å². The fraction of sp³-hybridized carbons (Fsp3) is 0.533. The molecule has 0 radical (unpaired) electrons. The van der Waals surface area contributed by atoms with E-state index in [1.165, 1.54) is 12.1 Å². The van der Waals surface area contributed by atoms with Crippen molar-refractivity contribution in [3.05, 3.63) is 24.3 Å². The maximum Gasteiger partial charge on any atom is 0.494 e. The van der Waals surface area contributed by atoms with Gasteiger partial charge in [0.2, 0.25) is 10.0 Å². The summed E-state index contributed by atoms with van der Waals surface area (Å²) >= 11 is 0. The number of hydrogen-bond donors (Lipinski definition) is 1. The molecule has 1 fully saturated rings. The van der Waals surface area contributed by atoms with Crippen molar-refractivity contribution in [1.29, 1.82) is 5.26 Å². The van der Waals surface area contributed by atoms with Crippen molar-refractivity contribution in [3.8, 4) is 6.07 Å². The summed E-state index contributed by atoms with van der Waals surface area (Å²) in [5.41, 5.74) is -0.332. The highest BCUT2D eigenvalue weighted by atomic mass is 32.2. The van der Waals surface area contributed by atoms with Crippen molar-refractivity contribution in [2.45, 2.75) is 50.2 Å². The Labute approximate surface area is 138 Å². The molecule has 23 heavy (non-hydrogen) atoms. The van der Waals surface area contributed by atoms with Crippen LogP contribution in [0, 0.1) is 11.3 Å². The van der Waals surface area contributed by atoms with Crippen molar-refractivity contribution in [2.24, 2.45) is 0 Å². The van der Waals surface area contributed by atoms with E-state index < -0.39 is 28.3 Å². The summed E-state index contributed by atoms with van der Waals surface area (Å²) in [5.74, 6) is 0. The van der Waals surface area contributed by atoms with Gasteiger partial charge in [0.05, 0.1) is 22.2 Å². The minimum Gasteiger partial charge on any atom is -0.399 e. The highest BCUT2D eigenvalue weighted by Crippen LogP contribution is 2.36. The largest absolute Gasteiger partial charge is 0.494 e. The van der Waals surface area contributed by atoms with E-state index in [1.54, 1.807) is 12.1 Å². The topological polar surface area (TPSA) is 88.4 Å². The highest BCUT2D eigenvalue weighted by molar-refractivity contribution is 7.89. The van der Waals surface area contributed by atoms with E-state index in [-0.39, 0.29) is 17.9 Å². The maximum atomic E-state index is 12.2. The molecule has 1 aliphatic heterocycles. The third-order valence-electron chi connectivity index (χ3n) is 4.22. The van der Waals surface area contributed by atoms with Crippen molar-refractivity contribution in [3.63, 3.8) is 0 Å². The van der Waals surface area contributed by atoms with Crippen LogP contribution in [0.2, 0.25) is 0 Å². The van der Waals surface area contributed by atoms with Crippen LogP contribution >= 0.6 is 0 Å². The number of hydrogen-bond acceptors (Lipinski definition) is 5. The molecule has 1 aromatic carbocycles. The molecule has 8 heteroatoms. The monoisotopic (exact) mass is 336 g/mol. The fourth-order valence-electron chi connectivity index (χ4n) is 2.13. The van der Waals surface area contributed by atoms with E-state index >= 15 is 0 Å². The molecule has 0 atom stereocenters. The molecule has 0 aliphatic carbocycles. The fourth-order valence-corrected chi connectivity index (χ4v) is 3.22. The van der Waals surface area contributed by atoms with E-state index in [2.05, 4.69) is 4.72 Å². The van der Waals surface area contributed by atoms with Crippen molar-refractivity contribution < 1.29 is 17.7 Å². The molecule has 2 rings (SSSR count). The van der Waals surface area contributed by atoms with Gasteiger partial charge in [-0.05, 0) is 45.3 Å². The number of rotatable bonds is 5. The minimum atomic E-state index is -3.65. The van der Waals surface area contributed by atoms with Crippen LogP contribution in [0.4, 0.5) is 0 Å². The summed E-state index contributed by atoms with van der Waals surface area (Å²) in [7, 11) is -4.27. The number of nitriles is 1. The number of benzene rings is 1. The first-order valence-electron chi connectivity index (χ1n) is 7.41. The Morgan fingerprint density at radius 1 is 1.22 bits per heavy atom. The first-order chi connectivity index (χ1) is 10.6. The maximum absolute atomic E-state index is 12.2. The Hall–Kier alpha value is -1.40. The third-order valence-corrected chi connectivity index (χ3v) is 5.68. The molecule has 1 saturated heterocycles. The second-order valence-corrected chi connectivity index (χ2v) is 8.23. The molecule has 0 unspecified atom stereocenters. The standard InChI is InChI=1S/C15H21BN2O4S/c1-14(2)15(3,4)22-16(21-14)12-7-5-8-13(11-12)23(19,20)18-10-6-9-17/h5,7-8,11,18H,6,10H2,1-4H3. The SMILES string of the molecule is CC1(C)OB(c2cccc(S(=O)(=O)NCCC#N)c2)OC1(C)C. The van der Waals surface area contributed by atoms with Crippen LogP contribution in [0.25, 0.3) is 0 Å². The van der Waals surface area contributed by atoms with Crippen LogP contribution in [0.3, 0.4) is 0 Å². The summed E-state index contributed by atoms with van der Waals surface area (Å²) in [6.07, 6.45) is 0.121. The first kappa shape index (κ1) is 18.0. The first-order valence-corrected chi connectivity index (χ1v) is 8.90. The van der Waals surface area contributed by atoms with Gasteiger partial charge in [0.25, 0.3) is 0 Å². The van der Waals surface area contributed by atoms with Gasteiger partial charge >= 0.3 is 7.12 Å². The zero-order chi connectivity index (χ0) is 17.3. The van der Waals surface area contributed by atoms with Gasteiger partial charge in [-0.15, -0.1) is 0 Å². The van der Waals surface area contributed by atoms with Gasteiger partial charge in [-0.2, -0.15) is 5.26 Å². The molecule has 124 valence electrons. The summed E-state index contributed by atoms with van der Waals surface area (Å²) < 4.78 is 38.7. The summed E-state index contributed by atoms with van der Waals surface area (Å²) in [6, 6.07) is 8.37. The molecule has 0 aromatic heterocycles. The Kier molecular flexibility index (Phi) is 4.88. The molecule has 1 N–H and O–H groups in total. The zero-order valence-corrected chi connectivity index (χ0v) is 14.6. The molecule has 0 bridgehead atoms. The lowest BCUT2D eigenvalue weighted by Gasteiger charge is -2.32. The van der Waals surface area contributed by atoms with E-state index in [0.717, 1.165) is 0 Å². The van der Waals surface area contributed by atoms with Gasteiger partial charge in [0.1, 0.15) is 0 Å². The van der Waals surface area contributed by atoms with Gasteiger partial charge in [0, 0.05) is 13.0 Å². The van der Waals surface area contributed by atoms with Gasteiger partial charge in [-0.25, -0.2) is 13.1 Å². The van der Waals surface area contributed by atoms with E-state index in [4.69, 9.17) is 14.6 Å². The van der Waals surface area contributed by atoms with Crippen LogP contribution in [0.15, 0.2) is 29.2 Å². The Morgan fingerprint density at radius 3 is 2.39 bits per heavy atom. The molecular weight excluding hydrogens is 315 g/mol. The average Bonchev–Trinajstić information content (AvgIpc) is 2.68. The molecular formula is C15H21BN2O4S. The predicted molar refractivity (Wildman–Crippen MR) is 87.6 cm³/mol. The molecule has 0 saturated carbocycles. The molecule has 6 nitrogen and oxygen atoms in total. The van der Waals surface area contributed by atoms with Gasteiger partial charge in [0.15, 0.2) is 0 Å². The Morgan fingerprint density at radius 2 is 1.83 bits per heavy atom. The van der Waals surface area contributed by atoms with Gasteiger partial charge < -0.3 is 9.31 Å². The van der Waals surface area contributed by atoms with Crippen molar-refractivity contribution in [1.82, 2.24) is 4.72 Å². The van der Waals surface area contributed by atoms with E-state index in [0.29, 0.717) is 5.46 Å². The second kappa shape index (κ2) is 6.25. The van der Waals surface area contributed by atoms with Crippen LogP contribution in [-0.2, 0) is 19.3 Å². The smallest absolute Gasteiger partial charge is 0.399 e. The Bertz CT molecular complexity index is 709. The lowest BCUT2D eigenvalue weighted by Crippen LogP contribution is -2.41. The lowest BCUT2D eigenvalue weighted by atomic mass is 9.79. The molecule has 0 spiro atoms. The summed E-state index contributed by atoms with van der Waals surface area (Å²) in [4.78, 5) is 0.127. The summed E-state index contributed by atoms with van der Waals surface area (Å²) in [6.45, 7) is 7.85. The van der Waals surface area contributed by atoms with E-state index in [1.807, 2.05) is 33.8 Å². The number of nitrogens with one attached hydrogen (secondary N) is 1. The minimum absolute atomic E-state index is 0.0829. The third kappa shape index (κ3) is 3.75. The highest BCUT2D eigenvalue weighted by Gasteiger charge is 2.51. The van der Waals surface area contributed by atoms with E-state index in [9.17, 15) is 8.42 Å². The quantitative estimate of drug-likeness (QED) is 0.644. The predicted octanol–water partition coefficient (Wildman–Crippen LogP) is 1.18. The summed E-state index contributed by atoms with van der Waals surface area (Å²) in [5, 5.41) is 8.50. The second-order valence-electron chi connectivity index (χ2n) is 6.47. The molecule has 1 aromatic rings. The number of nitrogens with zero attached hydrogens (tertiary/aromatic N) is 1. The van der Waals surface area contributed by atoms with Crippen molar-refractivity contribution in [2.75, 3.05) is 6.54 Å². The van der Waals surface area contributed by atoms with Crippen LogP contribution in [-0.4, -0.2) is 33.3 Å². The molecule has 0 amide bonds. The van der Waals surface area contributed by atoms with Crippen LogP contribution < -0.4 is 10.2 Å². The normalized spacial score (nSPS) is 19.5. The van der Waals surface area contributed by atoms with Gasteiger partial charge in [-0.1, -0.05) is 12.1 Å². The average molecular weight is 336 g/mol. The zero-order valence-electron chi connectivity index (χ0n) is 13.8. The lowest BCUT2D eigenvalue weighted by molar-refractivity contribution is 0.00578. The number of sulfonamides is 1. The van der Waals surface area contributed by atoms with Crippen molar-refractivity contribution >= 4 is 22.6 Å². The van der Waals surface area contributed by atoms with Gasteiger partial charge in [-0.3, -0.25) is 0 Å². The molecule has 1 heterocycles.